The van der Waals surface area contributed by atoms with Crippen molar-refractivity contribution in [3.8, 4) is 5.75 Å². The van der Waals surface area contributed by atoms with Crippen LogP contribution in [0.3, 0.4) is 0 Å². The second-order valence-electron chi connectivity index (χ2n) is 3.87. The monoisotopic (exact) mass is 258 g/mol. The van der Waals surface area contributed by atoms with Crippen molar-refractivity contribution < 1.29 is 14.3 Å². The van der Waals surface area contributed by atoms with Crippen LogP contribution in [0.4, 0.5) is 0 Å². The molecule has 0 saturated heterocycles. The molecule has 0 aliphatic heterocycles. The van der Waals surface area contributed by atoms with E-state index in [9.17, 15) is 9.90 Å². The number of rotatable bonds is 3. The lowest BCUT2D eigenvalue weighted by atomic mass is 9.97. The van der Waals surface area contributed by atoms with E-state index in [0.29, 0.717) is 21.8 Å². The van der Waals surface area contributed by atoms with Gasteiger partial charge in [0.1, 0.15) is 5.75 Å². The summed E-state index contributed by atoms with van der Waals surface area (Å²) in [5.41, 5.74) is 0.941. The van der Waals surface area contributed by atoms with E-state index in [1.165, 1.54) is 0 Å². The van der Waals surface area contributed by atoms with Crippen LogP contribution in [0.15, 0.2) is 42.5 Å². The molecule has 3 nitrogen and oxygen atoms in total. The van der Waals surface area contributed by atoms with E-state index in [1.807, 2.05) is 36.4 Å². The van der Waals surface area contributed by atoms with Gasteiger partial charge in [0.15, 0.2) is 0 Å². The lowest BCUT2D eigenvalue weighted by Crippen LogP contribution is -2.03. The quantitative estimate of drug-likeness (QED) is 0.676. The van der Waals surface area contributed by atoms with Crippen LogP contribution >= 0.6 is 0 Å². The molecule has 2 rings (SSSR count). The van der Waals surface area contributed by atoms with Crippen LogP contribution in [0.5, 0.6) is 5.75 Å². The van der Waals surface area contributed by atoms with Crippen LogP contribution in [0.1, 0.15) is 12.5 Å². The van der Waals surface area contributed by atoms with E-state index in [-0.39, 0.29) is 5.57 Å². The van der Waals surface area contributed by atoms with Crippen molar-refractivity contribution in [2.75, 3.05) is 0 Å². The molecule has 0 unspecified atom stereocenters. The molecule has 0 spiro atoms. The van der Waals surface area contributed by atoms with Gasteiger partial charge >= 0.3 is 5.97 Å². The van der Waals surface area contributed by atoms with Crippen LogP contribution < -0.4 is 4.43 Å². The highest BCUT2D eigenvalue weighted by atomic mass is 28.2. The maximum absolute atomic E-state index is 11.3. The molecular formula is C14H14O3Si. The number of carboxylic acid groups (broad SMARTS) is 1. The Kier molecular flexibility index (Phi) is 3.48. The minimum atomic E-state index is -0.936. The van der Waals surface area contributed by atoms with Gasteiger partial charge in [-0.2, -0.15) is 0 Å². The zero-order valence-corrected chi connectivity index (χ0v) is 12.3. The first-order chi connectivity index (χ1) is 8.69. The predicted octanol–water partition coefficient (Wildman–Crippen LogP) is 1.99. The molecular weight excluding hydrogens is 244 g/mol. The van der Waals surface area contributed by atoms with E-state index in [0.717, 1.165) is 10.8 Å². The summed E-state index contributed by atoms with van der Waals surface area (Å²) in [7, 11) is 0.525. The summed E-state index contributed by atoms with van der Waals surface area (Å²) in [5.74, 6) is -0.301. The first-order valence-corrected chi connectivity index (χ1v) is 6.46. The molecule has 0 aliphatic carbocycles. The number of hydrogen-bond donors (Lipinski definition) is 1. The van der Waals surface area contributed by atoms with Crippen LogP contribution in [-0.2, 0) is 4.79 Å². The van der Waals surface area contributed by atoms with Crippen molar-refractivity contribution in [3.63, 3.8) is 0 Å². The fourth-order valence-corrected chi connectivity index (χ4v) is 2.41. The summed E-state index contributed by atoms with van der Waals surface area (Å²) in [5, 5.41) is 11.2. The lowest BCUT2D eigenvalue weighted by Gasteiger charge is -2.13. The average Bonchev–Trinajstić information content (AvgIpc) is 2.39. The van der Waals surface area contributed by atoms with Gasteiger partial charge in [-0.05, 0) is 23.8 Å². The fourth-order valence-electron chi connectivity index (χ4n) is 2.07. The topological polar surface area (TPSA) is 46.5 Å². The van der Waals surface area contributed by atoms with Crippen molar-refractivity contribution in [2.24, 2.45) is 0 Å². The highest BCUT2D eigenvalue weighted by Crippen LogP contribution is 2.33. The van der Waals surface area contributed by atoms with E-state index in [4.69, 9.17) is 4.43 Å². The SMILES string of the molecule is CC=C(C(=O)O)c1c(O[SiH3])ccc2ccccc12. The molecule has 18 heavy (non-hydrogen) atoms. The number of allylic oxidation sites excluding steroid dienone is 1. The van der Waals surface area contributed by atoms with Gasteiger partial charge in [0.25, 0.3) is 0 Å². The number of hydrogen-bond acceptors (Lipinski definition) is 2. The molecule has 0 amide bonds. The van der Waals surface area contributed by atoms with E-state index >= 15 is 0 Å². The van der Waals surface area contributed by atoms with Gasteiger partial charge in [-0.1, -0.05) is 36.4 Å². The molecule has 92 valence electrons. The Labute approximate surface area is 108 Å². The maximum Gasteiger partial charge on any atom is 0.336 e. The van der Waals surface area contributed by atoms with Gasteiger partial charge in [-0.3, -0.25) is 0 Å². The number of fused-ring (bicyclic) bond motifs is 1. The van der Waals surface area contributed by atoms with Crippen molar-refractivity contribution in [1.29, 1.82) is 0 Å². The molecule has 4 heteroatoms. The van der Waals surface area contributed by atoms with Crippen molar-refractivity contribution in [3.05, 3.63) is 48.0 Å². The van der Waals surface area contributed by atoms with Crippen molar-refractivity contribution in [1.82, 2.24) is 0 Å². The third-order valence-electron chi connectivity index (χ3n) is 2.90. The van der Waals surface area contributed by atoms with Gasteiger partial charge in [0, 0.05) is 5.56 Å². The number of benzene rings is 2. The van der Waals surface area contributed by atoms with E-state index < -0.39 is 5.97 Å². The number of aliphatic carboxylic acids is 1. The smallest absolute Gasteiger partial charge is 0.336 e. The third-order valence-corrected chi connectivity index (χ3v) is 3.34. The minimum Gasteiger partial charge on any atom is -0.553 e. The highest BCUT2D eigenvalue weighted by Gasteiger charge is 2.17. The second-order valence-corrected chi connectivity index (χ2v) is 4.28. The number of carbonyl (C=O) groups is 1. The second kappa shape index (κ2) is 5.06. The summed E-state index contributed by atoms with van der Waals surface area (Å²) in [6.07, 6.45) is 1.61. The molecule has 2 aromatic carbocycles. The average molecular weight is 258 g/mol. The molecule has 0 radical (unpaired) electrons. The maximum atomic E-state index is 11.3. The lowest BCUT2D eigenvalue weighted by molar-refractivity contribution is -0.130. The van der Waals surface area contributed by atoms with Crippen LogP contribution in [0, 0.1) is 0 Å². The Morgan fingerprint density at radius 2 is 2.00 bits per heavy atom. The molecule has 0 fully saturated rings. The van der Waals surface area contributed by atoms with E-state index in [2.05, 4.69) is 0 Å². The van der Waals surface area contributed by atoms with Crippen molar-refractivity contribution in [2.45, 2.75) is 6.92 Å². The molecule has 0 heterocycles. The molecule has 0 saturated carbocycles. The zero-order chi connectivity index (χ0) is 13.1. The van der Waals surface area contributed by atoms with Gasteiger partial charge in [-0.25, -0.2) is 4.79 Å². The first-order valence-electron chi connectivity index (χ1n) is 5.64. The summed E-state index contributed by atoms with van der Waals surface area (Å²) < 4.78 is 5.42. The van der Waals surface area contributed by atoms with Crippen LogP contribution in [0.2, 0.25) is 0 Å². The molecule has 0 atom stereocenters. The van der Waals surface area contributed by atoms with Gasteiger partial charge < -0.3 is 9.53 Å². The fraction of sp³-hybridized carbons (Fsp3) is 0.0714. The predicted molar refractivity (Wildman–Crippen MR) is 75.8 cm³/mol. The van der Waals surface area contributed by atoms with Gasteiger partial charge in [0.2, 0.25) is 10.5 Å². The minimum absolute atomic E-state index is 0.276. The Hall–Kier alpha value is -2.07. The normalized spacial score (nSPS) is 11.7. The Bertz CT molecular complexity index is 632. The third kappa shape index (κ3) is 2.02. The van der Waals surface area contributed by atoms with Crippen molar-refractivity contribution >= 4 is 32.8 Å². The summed E-state index contributed by atoms with van der Waals surface area (Å²) >= 11 is 0. The molecule has 0 bridgehead atoms. The molecule has 2 aromatic rings. The Balaban J connectivity index is 2.84. The molecule has 0 aromatic heterocycles. The first kappa shape index (κ1) is 12.4. The van der Waals surface area contributed by atoms with Crippen LogP contribution in [0.25, 0.3) is 16.3 Å². The largest absolute Gasteiger partial charge is 0.553 e. The summed E-state index contributed by atoms with van der Waals surface area (Å²) in [6, 6.07) is 11.5. The van der Waals surface area contributed by atoms with E-state index in [1.54, 1.807) is 13.0 Å². The Morgan fingerprint density at radius 3 is 2.61 bits per heavy atom. The van der Waals surface area contributed by atoms with Gasteiger partial charge in [-0.15, -0.1) is 0 Å². The zero-order valence-electron chi connectivity index (χ0n) is 10.3. The van der Waals surface area contributed by atoms with Crippen LogP contribution in [-0.4, -0.2) is 21.6 Å². The summed E-state index contributed by atoms with van der Waals surface area (Å²) in [6.45, 7) is 1.72. The number of carboxylic acids is 1. The molecule has 0 aliphatic rings. The molecule has 1 N–H and O–H groups in total. The standard InChI is InChI=1S/C14H14O3Si/c1-2-10(14(15)16)13-11-6-4-3-5-9(11)7-8-12(13)17-18/h2-8H,1,18H3,(H,15,16). The summed E-state index contributed by atoms with van der Waals surface area (Å²) in [4.78, 5) is 11.3. The highest BCUT2D eigenvalue weighted by molar-refractivity contribution is 6.20. The Morgan fingerprint density at radius 1 is 1.28 bits per heavy atom. The van der Waals surface area contributed by atoms with Gasteiger partial charge in [0.05, 0.1) is 5.57 Å².